The van der Waals surface area contributed by atoms with Crippen LogP contribution in [0.2, 0.25) is 0 Å². The maximum absolute atomic E-state index is 12.2. The van der Waals surface area contributed by atoms with E-state index in [4.69, 9.17) is 9.47 Å². The molecule has 1 aliphatic heterocycles. The minimum Gasteiger partial charge on any atom is -0.463 e. The Bertz CT molecular complexity index is 415. The number of esters is 1. The summed E-state index contributed by atoms with van der Waals surface area (Å²) in [5, 5.41) is 0. The van der Waals surface area contributed by atoms with E-state index in [1.54, 1.807) is 0 Å². The highest BCUT2D eigenvalue weighted by molar-refractivity contribution is 5.83. The van der Waals surface area contributed by atoms with Crippen LogP contribution in [0.3, 0.4) is 0 Å². The molecule has 0 amide bonds. The van der Waals surface area contributed by atoms with E-state index in [2.05, 4.69) is 6.92 Å². The lowest BCUT2D eigenvalue weighted by Gasteiger charge is -2.10. The molecule has 0 saturated carbocycles. The van der Waals surface area contributed by atoms with Crippen LogP contribution in [-0.4, -0.2) is 18.2 Å². The van der Waals surface area contributed by atoms with Gasteiger partial charge in [-0.25, -0.2) is 4.79 Å². The van der Waals surface area contributed by atoms with Crippen molar-refractivity contribution >= 4 is 5.97 Å². The summed E-state index contributed by atoms with van der Waals surface area (Å²) in [6.45, 7) is 4.60. The Hall–Kier alpha value is -1.35. The van der Waals surface area contributed by atoms with Gasteiger partial charge in [0.2, 0.25) is 0 Å². The highest BCUT2D eigenvalue weighted by Gasteiger charge is 2.63. The Morgan fingerprint density at radius 3 is 2.63 bits per heavy atom. The second-order valence-electron chi connectivity index (χ2n) is 4.99. The third kappa shape index (κ3) is 2.98. The molecule has 1 fully saturated rings. The van der Waals surface area contributed by atoms with Gasteiger partial charge in [0, 0.05) is 0 Å². The molecule has 1 heterocycles. The number of unbranched alkanes of at least 4 members (excludes halogenated alkanes) is 2. The van der Waals surface area contributed by atoms with Crippen molar-refractivity contribution in [2.45, 2.75) is 51.2 Å². The molecule has 0 spiro atoms. The van der Waals surface area contributed by atoms with E-state index >= 15 is 0 Å². The average molecular weight is 262 g/mol. The predicted octanol–water partition coefficient (Wildman–Crippen LogP) is 3.64. The van der Waals surface area contributed by atoms with Crippen LogP contribution in [0.1, 0.15) is 51.2 Å². The smallest absolute Gasteiger partial charge is 0.341 e. The third-order valence-corrected chi connectivity index (χ3v) is 3.65. The van der Waals surface area contributed by atoms with Crippen molar-refractivity contribution in [2.75, 3.05) is 6.61 Å². The number of hydrogen-bond donors (Lipinski definition) is 0. The monoisotopic (exact) mass is 262 g/mol. The molecule has 2 rings (SSSR count). The maximum Gasteiger partial charge on any atom is 0.341 e. The van der Waals surface area contributed by atoms with Gasteiger partial charge in [0.15, 0.2) is 5.60 Å². The van der Waals surface area contributed by atoms with Crippen molar-refractivity contribution in [2.24, 2.45) is 0 Å². The molecule has 0 aromatic heterocycles. The Balaban J connectivity index is 1.92. The number of rotatable bonds is 7. The fourth-order valence-corrected chi connectivity index (χ4v) is 2.35. The molecule has 0 aliphatic carbocycles. The number of carbonyl (C=O) groups is 1. The van der Waals surface area contributed by atoms with Gasteiger partial charge in [0.05, 0.1) is 6.61 Å². The van der Waals surface area contributed by atoms with Crippen molar-refractivity contribution in [3.63, 3.8) is 0 Å². The zero-order valence-electron chi connectivity index (χ0n) is 11.7. The Morgan fingerprint density at radius 1 is 1.26 bits per heavy atom. The molecule has 3 nitrogen and oxygen atoms in total. The van der Waals surface area contributed by atoms with Gasteiger partial charge in [-0.15, -0.1) is 0 Å². The van der Waals surface area contributed by atoms with E-state index in [-0.39, 0.29) is 12.1 Å². The van der Waals surface area contributed by atoms with Crippen LogP contribution in [0, 0.1) is 0 Å². The molecule has 104 valence electrons. The fourth-order valence-electron chi connectivity index (χ4n) is 2.35. The number of ether oxygens (including phenoxy) is 2. The lowest BCUT2D eigenvalue weighted by Crippen LogP contribution is -2.27. The van der Waals surface area contributed by atoms with Gasteiger partial charge < -0.3 is 9.47 Å². The predicted molar refractivity (Wildman–Crippen MR) is 73.8 cm³/mol. The second-order valence-corrected chi connectivity index (χ2v) is 4.99. The standard InChI is InChI=1S/C16H22O3/c1-3-5-9-12-18-15(17)16(4-2)14(19-16)13-10-7-6-8-11-13/h6-8,10-11,14H,3-5,9,12H2,1-2H3. The normalized spacial score (nSPS) is 25.1. The lowest BCUT2D eigenvalue weighted by atomic mass is 9.97. The molecular weight excluding hydrogens is 240 g/mol. The molecule has 2 unspecified atom stereocenters. The van der Waals surface area contributed by atoms with Crippen molar-refractivity contribution in [1.29, 1.82) is 0 Å². The minimum atomic E-state index is -0.742. The third-order valence-electron chi connectivity index (χ3n) is 3.65. The number of hydrogen-bond acceptors (Lipinski definition) is 3. The summed E-state index contributed by atoms with van der Waals surface area (Å²) in [5.74, 6) is -0.208. The van der Waals surface area contributed by atoms with E-state index < -0.39 is 5.60 Å². The van der Waals surface area contributed by atoms with Crippen LogP contribution in [0.25, 0.3) is 0 Å². The van der Waals surface area contributed by atoms with Gasteiger partial charge in [-0.05, 0) is 18.4 Å². The lowest BCUT2D eigenvalue weighted by molar-refractivity contribution is -0.150. The largest absolute Gasteiger partial charge is 0.463 e. The molecule has 0 bridgehead atoms. The number of epoxide rings is 1. The molecule has 0 radical (unpaired) electrons. The number of carbonyl (C=O) groups excluding carboxylic acids is 1. The SMILES string of the molecule is CCCCCOC(=O)C1(CC)OC1c1ccccc1. The average Bonchev–Trinajstić information content (AvgIpc) is 3.20. The molecule has 1 saturated heterocycles. The Labute approximate surface area is 114 Å². The molecule has 3 heteroatoms. The summed E-state index contributed by atoms with van der Waals surface area (Å²) in [5.41, 5.74) is 0.308. The quantitative estimate of drug-likeness (QED) is 0.428. The molecule has 0 N–H and O–H groups in total. The fraction of sp³-hybridized carbons (Fsp3) is 0.562. The topological polar surface area (TPSA) is 38.8 Å². The molecule has 2 atom stereocenters. The highest BCUT2D eigenvalue weighted by Crippen LogP contribution is 2.52. The van der Waals surface area contributed by atoms with E-state index in [0.717, 1.165) is 24.8 Å². The van der Waals surface area contributed by atoms with Crippen LogP contribution in [0.15, 0.2) is 30.3 Å². The first-order chi connectivity index (χ1) is 9.24. The van der Waals surface area contributed by atoms with Gasteiger partial charge in [-0.1, -0.05) is 57.0 Å². The van der Waals surface area contributed by atoms with Gasteiger partial charge >= 0.3 is 5.97 Å². The van der Waals surface area contributed by atoms with Gasteiger partial charge in [0.25, 0.3) is 0 Å². The van der Waals surface area contributed by atoms with Crippen molar-refractivity contribution in [3.05, 3.63) is 35.9 Å². The van der Waals surface area contributed by atoms with Crippen LogP contribution in [0.5, 0.6) is 0 Å². The second kappa shape index (κ2) is 6.20. The van der Waals surface area contributed by atoms with Crippen molar-refractivity contribution < 1.29 is 14.3 Å². The van der Waals surface area contributed by atoms with Gasteiger partial charge in [-0.3, -0.25) is 0 Å². The molecular formula is C16H22O3. The molecule has 19 heavy (non-hydrogen) atoms. The van der Waals surface area contributed by atoms with Gasteiger partial charge in [0.1, 0.15) is 6.10 Å². The first kappa shape index (κ1) is 14.1. The number of benzene rings is 1. The molecule has 1 aromatic rings. The first-order valence-corrected chi connectivity index (χ1v) is 7.14. The van der Waals surface area contributed by atoms with Crippen LogP contribution >= 0.6 is 0 Å². The van der Waals surface area contributed by atoms with Crippen LogP contribution < -0.4 is 0 Å². The Morgan fingerprint density at radius 2 is 2.00 bits per heavy atom. The van der Waals surface area contributed by atoms with E-state index in [0.29, 0.717) is 13.0 Å². The maximum atomic E-state index is 12.2. The summed E-state index contributed by atoms with van der Waals surface area (Å²) in [6, 6.07) is 9.87. The van der Waals surface area contributed by atoms with Crippen molar-refractivity contribution in [3.8, 4) is 0 Å². The van der Waals surface area contributed by atoms with Crippen molar-refractivity contribution in [1.82, 2.24) is 0 Å². The highest BCUT2D eigenvalue weighted by atomic mass is 16.7. The summed E-state index contributed by atoms with van der Waals surface area (Å²) in [4.78, 5) is 12.2. The zero-order chi connectivity index (χ0) is 13.7. The Kier molecular flexibility index (Phi) is 4.59. The summed E-state index contributed by atoms with van der Waals surface area (Å²) in [6.07, 6.45) is 3.66. The molecule has 1 aliphatic rings. The van der Waals surface area contributed by atoms with E-state index in [1.165, 1.54) is 0 Å². The van der Waals surface area contributed by atoms with Gasteiger partial charge in [-0.2, -0.15) is 0 Å². The van der Waals surface area contributed by atoms with E-state index in [1.807, 2.05) is 37.3 Å². The molecule has 1 aromatic carbocycles. The minimum absolute atomic E-state index is 0.141. The summed E-state index contributed by atoms with van der Waals surface area (Å²) >= 11 is 0. The van der Waals surface area contributed by atoms with E-state index in [9.17, 15) is 4.79 Å². The summed E-state index contributed by atoms with van der Waals surface area (Å²) in [7, 11) is 0. The summed E-state index contributed by atoms with van der Waals surface area (Å²) < 4.78 is 11.0. The van der Waals surface area contributed by atoms with Crippen LogP contribution in [-0.2, 0) is 14.3 Å². The zero-order valence-corrected chi connectivity index (χ0v) is 11.7. The van der Waals surface area contributed by atoms with Crippen LogP contribution in [0.4, 0.5) is 0 Å². The first-order valence-electron chi connectivity index (χ1n) is 7.14.